The molecule has 4 N–H and O–H groups in total. The number of amides is 1. The van der Waals surface area contributed by atoms with E-state index in [-0.39, 0.29) is 23.0 Å². The third kappa shape index (κ3) is 2.40. The Morgan fingerprint density at radius 3 is 2.50 bits per heavy atom. The Morgan fingerprint density at radius 1 is 1.30 bits per heavy atom. The summed E-state index contributed by atoms with van der Waals surface area (Å²) in [7, 11) is 0. The van der Waals surface area contributed by atoms with Gasteiger partial charge in [-0.3, -0.25) is 4.79 Å². The number of nitrogen functional groups attached to an aromatic ring is 1. The number of aliphatic hydroxyl groups is 1. The number of fused-ring (bicyclic) bond motifs is 3. The smallest absolute Gasteiger partial charge is 0.274 e. The largest absolute Gasteiger partial charge is 0.390 e. The number of nitrogens with two attached hydrogens (primary N) is 1. The number of nitrogens with zero attached hydrogens (tertiary/aromatic N) is 2. The monoisotopic (exact) mass is 340 g/mol. The van der Waals surface area contributed by atoms with Crippen molar-refractivity contribution < 1.29 is 9.90 Å². The van der Waals surface area contributed by atoms with Gasteiger partial charge in [-0.25, -0.2) is 9.97 Å². The van der Waals surface area contributed by atoms with Gasteiger partial charge in [0.05, 0.1) is 11.8 Å². The molecule has 0 saturated heterocycles. The van der Waals surface area contributed by atoms with Crippen molar-refractivity contribution in [1.82, 2.24) is 15.3 Å². The SMILES string of the molecule is Nc1ncc(Br)nc1C(=O)NC12CCC(O)(CC1)CC2. The summed E-state index contributed by atoms with van der Waals surface area (Å²) in [6.45, 7) is 0. The van der Waals surface area contributed by atoms with Crippen molar-refractivity contribution in [3.05, 3.63) is 16.5 Å². The molecule has 6 nitrogen and oxygen atoms in total. The van der Waals surface area contributed by atoms with Crippen LogP contribution < -0.4 is 11.1 Å². The maximum absolute atomic E-state index is 12.4. The normalized spacial score (nSPS) is 32.1. The predicted molar refractivity (Wildman–Crippen MR) is 77.0 cm³/mol. The highest BCUT2D eigenvalue weighted by atomic mass is 79.9. The third-order valence-corrected chi connectivity index (χ3v) is 4.95. The molecule has 0 unspecified atom stereocenters. The first-order chi connectivity index (χ1) is 9.41. The summed E-state index contributed by atoms with van der Waals surface area (Å²) < 4.78 is 0.482. The van der Waals surface area contributed by atoms with E-state index >= 15 is 0 Å². The number of aromatic nitrogens is 2. The van der Waals surface area contributed by atoms with Crippen LogP contribution in [0.5, 0.6) is 0 Å². The van der Waals surface area contributed by atoms with Crippen LogP contribution in [-0.2, 0) is 0 Å². The summed E-state index contributed by atoms with van der Waals surface area (Å²) in [5, 5.41) is 13.3. The minimum Gasteiger partial charge on any atom is -0.390 e. The number of rotatable bonds is 2. The summed E-state index contributed by atoms with van der Waals surface area (Å²) in [5.74, 6) is -0.158. The highest BCUT2D eigenvalue weighted by molar-refractivity contribution is 9.10. The van der Waals surface area contributed by atoms with Gasteiger partial charge in [-0.2, -0.15) is 0 Å². The molecule has 0 aliphatic heterocycles. The van der Waals surface area contributed by atoms with Crippen molar-refractivity contribution in [2.45, 2.75) is 49.7 Å². The van der Waals surface area contributed by atoms with E-state index in [1.165, 1.54) is 6.20 Å². The molecular formula is C13H17BrN4O2. The summed E-state index contributed by atoms with van der Waals surface area (Å²) in [5.41, 5.74) is 5.13. The molecule has 3 aliphatic rings. The van der Waals surface area contributed by atoms with Crippen LogP contribution in [0.25, 0.3) is 0 Å². The van der Waals surface area contributed by atoms with Crippen LogP contribution in [0, 0.1) is 0 Å². The summed E-state index contributed by atoms with van der Waals surface area (Å²) in [6.07, 6.45) is 6.10. The van der Waals surface area contributed by atoms with E-state index < -0.39 is 5.60 Å². The van der Waals surface area contributed by atoms with Crippen LogP contribution in [0.1, 0.15) is 49.0 Å². The number of hydrogen-bond acceptors (Lipinski definition) is 5. The molecule has 0 radical (unpaired) electrons. The van der Waals surface area contributed by atoms with Gasteiger partial charge in [0, 0.05) is 5.54 Å². The first-order valence-corrected chi connectivity index (χ1v) is 7.54. The topological polar surface area (TPSA) is 101 Å². The van der Waals surface area contributed by atoms with Gasteiger partial charge < -0.3 is 16.2 Å². The Hall–Kier alpha value is -1.21. The molecule has 1 amide bonds. The molecule has 0 spiro atoms. The number of carbonyl (C=O) groups is 1. The maximum Gasteiger partial charge on any atom is 0.274 e. The van der Waals surface area contributed by atoms with Gasteiger partial charge in [-0.1, -0.05) is 0 Å². The van der Waals surface area contributed by atoms with Crippen molar-refractivity contribution in [2.75, 3.05) is 5.73 Å². The van der Waals surface area contributed by atoms with Crippen molar-refractivity contribution in [3.63, 3.8) is 0 Å². The number of halogens is 1. The Kier molecular flexibility index (Phi) is 3.21. The standard InChI is InChI=1S/C13H17BrN4O2/c14-8-7-16-10(15)9(17-8)11(19)18-12-1-4-13(20,5-2-12)6-3-12/h7,20H,1-6H2,(H2,15,16)(H,18,19). The fourth-order valence-corrected chi connectivity index (χ4v) is 3.48. The summed E-state index contributed by atoms with van der Waals surface area (Å²) in [6, 6.07) is 0. The quantitative estimate of drug-likeness (QED) is 0.755. The molecule has 108 valence electrons. The predicted octanol–water partition coefficient (Wildman–Crippen LogP) is 1.39. The van der Waals surface area contributed by atoms with E-state index in [0.29, 0.717) is 4.60 Å². The minimum atomic E-state index is -0.513. The molecule has 3 fully saturated rings. The van der Waals surface area contributed by atoms with Crippen molar-refractivity contribution in [3.8, 4) is 0 Å². The fourth-order valence-electron chi connectivity index (χ4n) is 3.20. The molecule has 1 aromatic rings. The zero-order chi connectivity index (χ0) is 14.4. The van der Waals surface area contributed by atoms with Crippen LogP contribution >= 0.6 is 15.9 Å². The Bertz CT molecular complexity index is 539. The van der Waals surface area contributed by atoms with Crippen LogP contribution in [0.15, 0.2) is 10.8 Å². The fraction of sp³-hybridized carbons (Fsp3) is 0.615. The second kappa shape index (κ2) is 4.66. The molecule has 4 rings (SSSR count). The van der Waals surface area contributed by atoms with Crippen molar-refractivity contribution >= 4 is 27.7 Å². The van der Waals surface area contributed by atoms with Gasteiger partial charge in [0.25, 0.3) is 5.91 Å². The Labute approximate surface area is 125 Å². The number of carbonyl (C=O) groups excluding carboxylic acids is 1. The van der Waals surface area contributed by atoms with E-state index in [1.54, 1.807) is 0 Å². The van der Waals surface area contributed by atoms with Crippen LogP contribution in [-0.4, -0.2) is 32.1 Å². The zero-order valence-electron chi connectivity index (χ0n) is 11.0. The van der Waals surface area contributed by atoms with Crippen molar-refractivity contribution in [1.29, 1.82) is 0 Å². The van der Waals surface area contributed by atoms with E-state index in [0.717, 1.165) is 38.5 Å². The van der Waals surface area contributed by atoms with Crippen LogP contribution in [0.2, 0.25) is 0 Å². The number of hydrogen-bond donors (Lipinski definition) is 3. The van der Waals surface area contributed by atoms with Gasteiger partial charge >= 0.3 is 0 Å². The zero-order valence-corrected chi connectivity index (χ0v) is 12.6. The van der Waals surface area contributed by atoms with E-state index in [4.69, 9.17) is 5.73 Å². The van der Waals surface area contributed by atoms with Crippen molar-refractivity contribution in [2.24, 2.45) is 0 Å². The minimum absolute atomic E-state index is 0.130. The molecule has 0 aromatic carbocycles. The molecule has 7 heteroatoms. The number of nitrogens with one attached hydrogen (secondary N) is 1. The average molecular weight is 341 g/mol. The second-order valence-electron chi connectivity index (χ2n) is 5.89. The van der Waals surface area contributed by atoms with Gasteiger partial charge in [0.1, 0.15) is 4.60 Å². The highest BCUT2D eigenvalue weighted by Gasteiger charge is 2.48. The maximum atomic E-state index is 12.4. The first kappa shape index (κ1) is 13.8. The molecule has 1 heterocycles. The lowest BCUT2D eigenvalue weighted by atomic mass is 9.63. The second-order valence-corrected chi connectivity index (χ2v) is 6.70. The molecule has 1 aromatic heterocycles. The lowest BCUT2D eigenvalue weighted by molar-refractivity contribution is -0.0702. The van der Waals surface area contributed by atoms with E-state index in [9.17, 15) is 9.90 Å². The van der Waals surface area contributed by atoms with Gasteiger partial charge in [-0.05, 0) is 54.5 Å². The third-order valence-electron chi connectivity index (χ3n) is 4.57. The molecule has 2 bridgehead atoms. The molecule has 0 atom stereocenters. The van der Waals surface area contributed by atoms with Gasteiger partial charge in [-0.15, -0.1) is 0 Å². The van der Waals surface area contributed by atoms with E-state index in [1.807, 2.05) is 0 Å². The first-order valence-electron chi connectivity index (χ1n) is 6.74. The molecule has 3 saturated carbocycles. The highest BCUT2D eigenvalue weighted by Crippen LogP contribution is 2.46. The Morgan fingerprint density at radius 2 is 1.90 bits per heavy atom. The molecule has 20 heavy (non-hydrogen) atoms. The number of anilines is 1. The van der Waals surface area contributed by atoms with Crippen LogP contribution in [0.4, 0.5) is 5.82 Å². The lowest BCUT2D eigenvalue weighted by Crippen LogP contribution is -2.58. The molecule has 3 aliphatic carbocycles. The van der Waals surface area contributed by atoms with E-state index in [2.05, 4.69) is 31.2 Å². The van der Waals surface area contributed by atoms with Gasteiger partial charge in [0.2, 0.25) is 0 Å². The van der Waals surface area contributed by atoms with Crippen LogP contribution in [0.3, 0.4) is 0 Å². The average Bonchev–Trinajstić information content (AvgIpc) is 2.43. The summed E-state index contributed by atoms with van der Waals surface area (Å²) in [4.78, 5) is 20.4. The lowest BCUT2D eigenvalue weighted by Gasteiger charge is -2.51. The molecular weight excluding hydrogens is 324 g/mol. The summed E-state index contributed by atoms with van der Waals surface area (Å²) >= 11 is 3.19. The van der Waals surface area contributed by atoms with Gasteiger partial charge in [0.15, 0.2) is 11.5 Å². The Balaban J connectivity index is 1.78.